The molecule has 1 aliphatic heterocycles. The second kappa shape index (κ2) is 10.2. The third kappa shape index (κ3) is 4.98. The monoisotopic (exact) mass is 469 g/mol. The lowest BCUT2D eigenvalue weighted by atomic mass is 10.1. The number of hydrogen-bond donors (Lipinski definition) is 2. The van der Waals surface area contributed by atoms with Crippen molar-refractivity contribution in [3.8, 4) is 11.5 Å². The number of aromatic nitrogens is 2. The number of benzene rings is 1. The van der Waals surface area contributed by atoms with Gasteiger partial charge in [-0.2, -0.15) is 0 Å². The number of nitrogens with zero attached hydrogens (tertiary/aromatic N) is 3. The highest BCUT2D eigenvalue weighted by Gasteiger charge is 2.26. The Morgan fingerprint density at radius 3 is 2.73 bits per heavy atom. The first kappa shape index (κ1) is 23.1. The van der Waals surface area contributed by atoms with E-state index in [0.717, 1.165) is 51.4 Å². The lowest BCUT2D eigenvalue weighted by Crippen LogP contribution is -2.43. The molecule has 2 aromatic heterocycles. The summed E-state index contributed by atoms with van der Waals surface area (Å²) in [6, 6.07) is 5.61. The molecule has 8 nitrogen and oxygen atoms in total. The molecule has 33 heavy (non-hydrogen) atoms. The number of carbonyl (C=O) groups excluding carboxylic acids is 1. The predicted molar refractivity (Wildman–Crippen MR) is 131 cm³/mol. The Labute approximate surface area is 198 Å². The zero-order valence-corrected chi connectivity index (χ0v) is 20.2. The van der Waals surface area contributed by atoms with Gasteiger partial charge >= 0.3 is 6.03 Å². The molecule has 0 radical (unpaired) electrons. The fourth-order valence-corrected chi connectivity index (χ4v) is 5.15. The van der Waals surface area contributed by atoms with Gasteiger partial charge in [-0.25, -0.2) is 14.8 Å². The largest absolute Gasteiger partial charge is 0.490 e. The summed E-state index contributed by atoms with van der Waals surface area (Å²) < 4.78 is 11.7. The molecule has 3 aromatic rings. The van der Waals surface area contributed by atoms with E-state index in [1.54, 1.807) is 11.3 Å². The molecule has 0 saturated carbocycles. The summed E-state index contributed by atoms with van der Waals surface area (Å²) in [5, 5.41) is 4.07. The maximum Gasteiger partial charge on any atom is 0.318 e. The van der Waals surface area contributed by atoms with Crippen LogP contribution in [0.4, 0.5) is 10.6 Å². The Balaban J connectivity index is 1.45. The van der Waals surface area contributed by atoms with E-state index in [1.807, 2.05) is 30.0 Å². The van der Waals surface area contributed by atoms with Crippen LogP contribution in [-0.4, -0.2) is 40.7 Å². The second-order valence-corrected chi connectivity index (χ2v) is 9.27. The molecule has 0 saturated heterocycles. The SMILES string of the molecule is CCCOc1ccc(C(C)NC(=O)N2CCc3c(sc4ncnc(N)c34)C2)cc1OCCC. The van der Waals surface area contributed by atoms with Gasteiger partial charge in [-0.05, 0) is 49.4 Å². The Hall–Kier alpha value is -3.07. The summed E-state index contributed by atoms with van der Waals surface area (Å²) in [5.74, 6) is 1.97. The molecule has 3 heterocycles. The van der Waals surface area contributed by atoms with E-state index in [4.69, 9.17) is 15.2 Å². The minimum atomic E-state index is -0.174. The first-order valence-electron chi connectivity index (χ1n) is 11.5. The van der Waals surface area contributed by atoms with Gasteiger partial charge in [0.05, 0.1) is 31.2 Å². The number of anilines is 1. The molecular formula is C24H31N5O3S. The van der Waals surface area contributed by atoms with Crippen molar-refractivity contribution in [3.63, 3.8) is 0 Å². The quantitative estimate of drug-likeness (QED) is 0.497. The minimum Gasteiger partial charge on any atom is -0.490 e. The summed E-state index contributed by atoms with van der Waals surface area (Å²) >= 11 is 1.58. The summed E-state index contributed by atoms with van der Waals surface area (Å²) in [6.45, 7) is 8.55. The van der Waals surface area contributed by atoms with E-state index in [1.165, 1.54) is 11.9 Å². The number of carbonyl (C=O) groups is 1. The van der Waals surface area contributed by atoms with Crippen molar-refractivity contribution in [2.45, 2.75) is 52.6 Å². The fraction of sp³-hybridized carbons (Fsp3) is 0.458. The van der Waals surface area contributed by atoms with Crippen LogP contribution in [0.3, 0.4) is 0 Å². The van der Waals surface area contributed by atoms with Crippen LogP contribution in [0.5, 0.6) is 11.5 Å². The molecule has 176 valence electrons. The number of thiophene rings is 1. The third-order valence-electron chi connectivity index (χ3n) is 5.68. The minimum absolute atomic E-state index is 0.0907. The van der Waals surface area contributed by atoms with E-state index in [-0.39, 0.29) is 12.1 Å². The average Bonchev–Trinajstić information content (AvgIpc) is 3.20. The predicted octanol–water partition coefficient (Wildman–Crippen LogP) is 4.68. The first-order valence-corrected chi connectivity index (χ1v) is 12.3. The maximum absolute atomic E-state index is 13.0. The lowest BCUT2D eigenvalue weighted by molar-refractivity contribution is 0.190. The highest BCUT2D eigenvalue weighted by Crippen LogP contribution is 2.36. The Kier molecular flexibility index (Phi) is 7.17. The number of nitrogens with one attached hydrogen (secondary N) is 1. The molecule has 1 aliphatic rings. The van der Waals surface area contributed by atoms with Gasteiger partial charge < -0.3 is 25.4 Å². The number of hydrogen-bond acceptors (Lipinski definition) is 7. The Morgan fingerprint density at radius 1 is 1.21 bits per heavy atom. The number of nitrogens with two attached hydrogens (primary N) is 1. The number of rotatable bonds is 8. The van der Waals surface area contributed by atoms with E-state index in [2.05, 4.69) is 29.1 Å². The number of urea groups is 1. The molecule has 0 aliphatic carbocycles. The van der Waals surface area contributed by atoms with Crippen LogP contribution in [0.1, 0.15) is 55.7 Å². The smallest absolute Gasteiger partial charge is 0.318 e. The molecule has 0 fully saturated rings. The van der Waals surface area contributed by atoms with Crippen molar-refractivity contribution in [2.75, 3.05) is 25.5 Å². The standard InChI is InChI=1S/C24H31N5O3S/c1-4-10-31-18-7-6-16(12-19(18)32-11-5-2)15(3)28-24(30)29-9-8-17-20(13-29)33-23-21(17)22(25)26-14-27-23/h6-7,12,14-15H,4-5,8-11,13H2,1-3H3,(H,28,30)(H2,25,26,27). The molecule has 4 rings (SSSR count). The number of amides is 2. The Bertz CT molecular complexity index is 1130. The van der Waals surface area contributed by atoms with Gasteiger partial charge in [-0.3, -0.25) is 0 Å². The van der Waals surface area contributed by atoms with E-state index < -0.39 is 0 Å². The summed E-state index contributed by atoms with van der Waals surface area (Å²) in [6.07, 6.45) is 4.07. The fourth-order valence-electron chi connectivity index (χ4n) is 3.94. The van der Waals surface area contributed by atoms with Crippen LogP contribution in [0.2, 0.25) is 0 Å². The van der Waals surface area contributed by atoms with Crippen LogP contribution >= 0.6 is 11.3 Å². The molecule has 0 bridgehead atoms. The highest BCUT2D eigenvalue weighted by atomic mass is 32.1. The molecule has 0 spiro atoms. The van der Waals surface area contributed by atoms with Gasteiger partial charge in [0.25, 0.3) is 0 Å². The summed E-state index contributed by atoms with van der Waals surface area (Å²) in [5.41, 5.74) is 8.22. The first-order chi connectivity index (χ1) is 16.0. The van der Waals surface area contributed by atoms with Crippen LogP contribution < -0.4 is 20.5 Å². The normalized spacial score (nSPS) is 14.1. The zero-order chi connectivity index (χ0) is 23.4. The highest BCUT2D eigenvalue weighted by molar-refractivity contribution is 7.19. The average molecular weight is 470 g/mol. The number of nitrogen functional groups attached to an aromatic ring is 1. The van der Waals surface area contributed by atoms with Crippen LogP contribution in [-0.2, 0) is 13.0 Å². The molecule has 3 N–H and O–H groups in total. The summed E-state index contributed by atoms with van der Waals surface area (Å²) in [7, 11) is 0. The molecule has 1 atom stereocenters. The Morgan fingerprint density at radius 2 is 1.97 bits per heavy atom. The van der Waals surface area contributed by atoms with Crippen LogP contribution in [0.25, 0.3) is 10.2 Å². The molecular weight excluding hydrogens is 438 g/mol. The molecule has 2 amide bonds. The van der Waals surface area contributed by atoms with Crippen LogP contribution in [0, 0.1) is 0 Å². The van der Waals surface area contributed by atoms with Gasteiger partial charge in [0.2, 0.25) is 0 Å². The maximum atomic E-state index is 13.0. The van der Waals surface area contributed by atoms with Crippen molar-refractivity contribution in [3.05, 3.63) is 40.5 Å². The molecule has 9 heteroatoms. The zero-order valence-electron chi connectivity index (χ0n) is 19.4. The van der Waals surface area contributed by atoms with Gasteiger partial charge in [0.15, 0.2) is 11.5 Å². The topological polar surface area (TPSA) is 103 Å². The second-order valence-electron chi connectivity index (χ2n) is 8.19. The molecule has 1 aromatic carbocycles. The van der Waals surface area contributed by atoms with E-state index >= 15 is 0 Å². The molecule has 1 unspecified atom stereocenters. The lowest BCUT2D eigenvalue weighted by Gasteiger charge is -2.29. The van der Waals surface area contributed by atoms with Crippen molar-refractivity contribution < 1.29 is 14.3 Å². The van der Waals surface area contributed by atoms with Crippen molar-refractivity contribution in [1.29, 1.82) is 0 Å². The van der Waals surface area contributed by atoms with Crippen molar-refractivity contribution in [1.82, 2.24) is 20.2 Å². The van der Waals surface area contributed by atoms with Crippen molar-refractivity contribution in [2.24, 2.45) is 0 Å². The van der Waals surface area contributed by atoms with Gasteiger partial charge in [-0.1, -0.05) is 19.9 Å². The number of fused-ring (bicyclic) bond motifs is 3. The third-order valence-corrected chi connectivity index (χ3v) is 6.81. The van der Waals surface area contributed by atoms with Crippen LogP contribution in [0.15, 0.2) is 24.5 Å². The van der Waals surface area contributed by atoms with Gasteiger partial charge in [0, 0.05) is 11.4 Å². The van der Waals surface area contributed by atoms with E-state index in [0.29, 0.717) is 32.1 Å². The summed E-state index contributed by atoms with van der Waals surface area (Å²) in [4.78, 5) is 25.4. The number of ether oxygens (including phenoxy) is 2. The van der Waals surface area contributed by atoms with E-state index in [9.17, 15) is 4.79 Å². The van der Waals surface area contributed by atoms with Gasteiger partial charge in [-0.15, -0.1) is 11.3 Å². The van der Waals surface area contributed by atoms with Gasteiger partial charge in [0.1, 0.15) is 17.0 Å². The van der Waals surface area contributed by atoms with Crippen molar-refractivity contribution >= 4 is 33.4 Å².